The van der Waals surface area contributed by atoms with Crippen molar-refractivity contribution < 1.29 is 27.1 Å². The molecule has 0 fully saturated rings. The Morgan fingerprint density at radius 2 is 1.53 bits per heavy atom. The highest BCUT2D eigenvalue weighted by Crippen LogP contribution is 2.27. The molecular weight excluding hydrogens is 641 g/mol. The molecule has 4 aromatic carbocycles. The average Bonchev–Trinajstić information content (AvgIpc) is 3.07. The number of anilines is 1. The van der Waals surface area contributed by atoms with Gasteiger partial charge >= 0.3 is 0 Å². The van der Waals surface area contributed by atoms with Crippen LogP contribution in [-0.2, 0) is 32.6 Å². The molecular formula is C36H39ClFN3O5S. The lowest BCUT2D eigenvalue weighted by Crippen LogP contribution is -2.53. The molecule has 4 aromatic rings. The molecule has 0 bridgehead atoms. The second-order valence-corrected chi connectivity index (χ2v) is 13.2. The first-order chi connectivity index (χ1) is 22.6. The molecule has 0 saturated carbocycles. The third-order valence-electron chi connectivity index (χ3n) is 7.48. The lowest BCUT2D eigenvalue weighted by molar-refractivity contribution is -0.140. The summed E-state index contributed by atoms with van der Waals surface area (Å²) in [6.45, 7) is 4.08. The van der Waals surface area contributed by atoms with E-state index in [1.807, 2.05) is 44.2 Å². The number of rotatable bonds is 16. The second kappa shape index (κ2) is 16.9. The predicted molar refractivity (Wildman–Crippen MR) is 182 cm³/mol. The Hall–Kier alpha value is -4.41. The smallest absolute Gasteiger partial charge is 0.264 e. The number of hydrogen-bond donors (Lipinski definition) is 1. The molecule has 248 valence electrons. The number of amides is 2. The van der Waals surface area contributed by atoms with Gasteiger partial charge in [-0.15, -0.1) is 0 Å². The highest BCUT2D eigenvalue weighted by atomic mass is 35.5. The van der Waals surface area contributed by atoms with Gasteiger partial charge in [0.1, 0.15) is 24.2 Å². The summed E-state index contributed by atoms with van der Waals surface area (Å²) in [6, 6.07) is 26.0. The zero-order valence-electron chi connectivity index (χ0n) is 26.4. The summed E-state index contributed by atoms with van der Waals surface area (Å²) in [7, 11) is -4.37. The van der Waals surface area contributed by atoms with Crippen LogP contribution in [0.5, 0.6) is 5.75 Å². The molecule has 0 saturated heterocycles. The SMILES string of the molecule is CCCCNC(=O)[C@H](Cc1ccccc1)N(Cc1ccc(Cl)cc1)C(=O)CN(c1ccc(OCC)cc1)S(=O)(=O)c1ccc(F)cc1. The normalized spacial score (nSPS) is 11.8. The van der Waals surface area contributed by atoms with Gasteiger partial charge in [0.25, 0.3) is 10.0 Å². The monoisotopic (exact) mass is 679 g/mol. The maximum absolute atomic E-state index is 14.5. The van der Waals surface area contributed by atoms with E-state index in [9.17, 15) is 22.4 Å². The van der Waals surface area contributed by atoms with Gasteiger partial charge in [0, 0.05) is 24.5 Å². The van der Waals surface area contributed by atoms with Crippen molar-refractivity contribution in [3.8, 4) is 5.75 Å². The lowest BCUT2D eigenvalue weighted by Gasteiger charge is -2.34. The standard InChI is InChI=1S/C36H39ClFN3O5S/c1-3-5-23-39-36(43)34(24-27-9-7-6-8-10-27)40(25-28-11-13-29(37)14-12-28)35(42)26-41(31-17-19-32(20-18-31)46-4-2)47(44,45)33-21-15-30(38)16-22-33/h6-22,34H,3-5,23-26H2,1-2H3,(H,39,43)/t34-/m0/s1. The van der Waals surface area contributed by atoms with Crippen molar-refractivity contribution in [2.45, 2.75) is 50.6 Å². The zero-order valence-corrected chi connectivity index (χ0v) is 28.0. The third kappa shape index (κ3) is 9.79. The molecule has 0 heterocycles. The Balaban J connectivity index is 1.78. The van der Waals surface area contributed by atoms with Crippen molar-refractivity contribution in [1.82, 2.24) is 10.2 Å². The fourth-order valence-electron chi connectivity index (χ4n) is 4.98. The fraction of sp³-hybridized carbons (Fsp3) is 0.278. The quantitative estimate of drug-likeness (QED) is 0.134. The maximum atomic E-state index is 14.5. The number of halogens is 2. The summed E-state index contributed by atoms with van der Waals surface area (Å²) in [4.78, 5) is 29.5. The van der Waals surface area contributed by atoms with Crippen LogP contribution in [-0.4, -0.2) is 50.9 Å². The predicted octanol–water partition coefficient (Wildman–Crippen LogP) is 6.63. The molecule has 0 aromatic heterocycles. The van der Waals surface area contributed by atoms with E-state index in [4.69, 9.17) is 16.3 Å². The van der Waals surface area contributed by atoms with Crippen molar-refractivity contribution in [2.75, 3.05) is 24.0 Å². The minimum absolute atomic E-state index is 0.0163. The van der Waals surface area contributed by atoms with Crippen LogP contribution < -0.4 is 14.4 Å². The molecule has 0 aliphatic heterocycles. The van der Waals surface area contributed by atoms with E-state index in [1.165, 1.54) is 4.90 Å². The second-order valence-electron chi connectivity index (χ2n) is 10.9. The molecule has 0 aliphatic rings. The average molecular weight is 680 g/mol. The Morgan fingerprint density at radius 1 is 0.872 bits per heavy atom. The minimum atomic E-state index is -4.37. The van der Waals surface area contributed by atoms with E-state index < -0.39 is 34.3 Å². The van der Waals surface area contributed by atoms with Crippen LogP contribution in [0.2, 0.25) is 5.02 Å². The van der Waals surface area contributed by atoms with Gasteiger partial charge in [-0.1, -0.05) is 67.4 Å². The highest BCUT2D eigenvalue weighted by molar-refractivity contribution is 7.92. The van der Waals surface area contributed by atoms with Gasteiger partial charge < -0.3 is 15.0 Å². The molecule has 1 atom stereocenters. The minimum Gasteiger partial charge on any atom is -0.494 e. The van der Waals surface area contributed by atoms with Crippen molar-refractivity contribution in [3.05, 3.63) is 125 Å². The number of carbonyl (C=O) groups excluding carboxylic acids is 2. The van der Waals surface area contributed by atoms with E-state index in [1.54, 1.807) is 48.5 Å². The van der Waals surface area contributed by atoms with Gasteiger partial charge in [-0.05, 0) is 85.1 Å². The fourth-order valence-corrected chi connectivity index (χ4v) is 6.52. The Kier molecular flexibility index (Phi) is 12.8. The summed E-state index contributed by atoms with van der Waals surface area (Å²) < 4.78 is 48.5. The van der Waals surface area contributed by atoms with E-state index >= 15 is 0 Å². The summed E-state index contributed by atoms with van der Waals surface area (Å²) in [6.07, 6.45) is 1.83. The van der Waals surface area contributed by atoms with E-state index in [0.717, 1.165) is 47.0 Å². The first-order valence-electron chi connectivity index (χ1n) is 15.5. The van der Waals surface area contributed by atoms with E-state index in [2.05, 4.69) is 5.32 Å². The molecule has 0 aliphatic carbocycles. The van der Waals surface area contributed by atoms with Gasteiger partial charge in [-0.2, -0.15) is 0 Å². The Bertz CT molecular complexity index is 1700. The molecule has 0 radical (unpaired) electrons. The number of unbranched alkanes of at least 4 members (excludes halogenated alkanes) is 1. The lowest BCUT2D eigenvalue weighted by atomic mass is 10.0. The molecule has 0 unspecified atom stereocenters. The van der Waals surface area contributed by atoms with Gasteiger partial charge in [-0.3, -0.25) is 13.9 Å². The van der Waals surface area contributed by atoms with E-state index in [-0.39, 0.29) is 29.5 Å². The van der Waals surface area contributed by atoms with Crippen LogP contribution in [0.15, 0.2) is 108 Å². The summed E-state index contributed by atoms with van der Waals surface area (Å²) >= 11 is 6.14. The van der Waals surface area contributed by atoms with Gasteiger partial charge in [-0.25, -0.2) is 12.8 Å². The van der Waals surface area contributed by atoms with Crippen LogP contribution in [0.1, 0.15) is 37.8 Å². The number of ether oxygens (including phenoxy) is 1. The van der Waals surface area contributed by atoms with Gasteiger partial charge in [0.2, 0.25) is 11.8 Å². The van der Waals surface area contributed by atoms with Gasteiger partial charge in [0.15, 0.2) is 0 Å². The maximum Gasteiger partial charge on any atom is 0.264 e. The largest absolute Gasteiger partial charge is 0.494 e. The summed E-state index contributed by atoms with van der Waals surface area (Å²) in [5.41, 5.74) is 1.74. The molecule has 8 nitrogen and oxygen atoms in total. The number of hydrogen-bond acceptors (Lipinski definition) is 5. The van der Waals surface area contributed by atoms with Crippen molar-refractivity contribution >= 4 is 39.1 Å². The van der Waals surface area contributed by atoms with Crippen LogP contribution in [0.25, 0.3) is 0 Å². The third-order valence-corrected chi connectivity index (χ3v) is 9.52. The number of nitrogens with zero attached hydrogens (tertiary/aromatic N) is 2. The topological polar surface area (TPSA) is 96.0 Å². The number of carbonyl (C=O) groups is 2. The van der Waals surface area contributed by atoms with E-state index in [0.29, 0.717) is 29.5 Å². The molecule has 0 spiro atoms. The zero-order chi connectivity index (χ0) is 33.8. The highest BCUT2D eigenvalue weighted by Gasteiger charge is 2.34. The first-order valence-corrected chi connectivity index (χ1v) is 17.3. The Labute approximate surface area is 281 Å². The molecule has 47 heavy (non-hydrogen) atoms. The van der Waals surface area contributed by atoms with Crippen LogP contribution in [0, 0.1) is 5.82 Å². The molecule has 11 heteroatoms. The Morgan fingerprint density at radius 3 is 2.15 bits per heavy atom. The first kappa shape index (κ1) is 35.4. The van der Waals surface area contributed by atoms with Crippen molar-refractivity contribution in [1.29, 1.82) is 0 Å². The van der Waals surface area contributed by atoms with Crippen LogP contribution in [0.4, 0.5) is 10.1 Å². The van der Waals surface area contributed by atoms with Crippen LogP contribution in [0.3, 0.4) is 0 Å². The van der Waals surface area contributed by atoms with Crippen molar-refractivity contribution in [2.24, 2.45) is 0 Å². The number of benzene rings is 4. The van der Waals surface area contributed by atoms with Crippen LogP contribution >= 0.6 is 11.6 Å². The van der Waals surface area contributed by atoms with Crippen molar-refractivity contribution in [3.63, 3.8) is 0 Å². The molecule has 4 rings (SSSR count). The number of sulfonamides is 1. The molecule has 1 N–H and O–H groups in total. The summed E-state index contributed by atoms with van der Waals surface area (Å²) in [5.74, 6) is -1.03. The summed E-state index contributed by atoms with van der Waals surface area (Å²) in [5, 5.41) is 3.47. The molecule has 2 amide bonds. The number of nitrogens with one attached hydrogen (secondary N) is 1. The van der Waals surface area contributed by atoms with Gasteiger partial charge in [0.05, 0.1) is 17.2 Å².